The van der Waals surface area contributed by atoms with Crippen LogP contribution in [0.1, 0.15) is 23.9 Å². The number of hydrogen-bond acceptors (Lipinski definition) is 5. The first-order valence-corrected chi connectivity index (χ1v) is 10.6. The highest BCUT2D eigenvalue weighted by Crippen LogP contribution is 2.21. The van der Waals surface area contributed by atoms with Gasteiger partial charge in [0.25, 0.3) is 0 Å². The average molecular weight is 431 g/mol. The Morgan fingerprint density at radius 2 is 1.90 bits per heavy atom. The van der Waals surface area contributed by atoms with Gasteiger partial charge in [-0.15, -0.1) is 10.2 Å². The summed E-state index contributed by atoms with van der Waals surface area (Å²) in [6.07, 6.45) is 0. The molecule has 0 saturated carbocycles. The number of rotatable bonds is 8. The fraction of sp³-hybridized carbons (Fsp3) is 0.286. The van der Waals surface area contributed by atoms with E-state index in [-0.39, 0.29) is 11.7 Å². The van der Waals surface area contributed by atoms with E-state index in [2.05, 4.69) is 29.4 Å². The van der Waals surface area contributed by atoms with Crippen LogP contribution in [0.15, 0.2) is 47.6 Å². The largest absolute Gasteiger partial charge is 0.486 e. The Morgan fingerprint density at radius 1 is 1.14 bits per heavy atom. The van der Waals surface area contributed by atoms with Gasteiger partial charge in [-0.05, 0) is 68.3 Å². The molecule has 6 nitrogen and oxygen atoms in total. The van der Waals surface area contributed by atoms with E-state index in [1.807, 2.05) is 29.7 Å². The Hall–Kier alpha value is -2.51. The van der Waals surface area contributed by atoms with Crippen molar-refractivity contribution in [1.82, 2.24) is 14.8 Å². The molecule has 0 atom stereocenters. The second-order valence-electron chi connectivity index (χ2n) is 6.52. The highest BCUT2D eigenvalue weighted by atomic mass is 35.5. The topological polar surface area (TPSA) is 69.0 Å². The minimum absolute atomic E-state index is 0.115. The van der Waals surface area contributed by atoms with Crippen molar-refractivity contribution in [3.05, 3.63) is 64.4 Å². The number of aromatic nitrogens is 3. The monoisotopic (exact) mass is 430 g/mol. The number of benzene rings is 2. The van der Waals surface area contributed by atoms with Crippen LogP contribution in [0.25, 0.3) is 0 Å². The number of amides is 1. The van der Waals surface area contributed by atoms with Crippen LogP contribution in [0.2, 0.25) is 5.02 Å². The molecule has 0 aliphatic carbocycles. The number of nitrogens with one attached hydrogen (secondary N) is 1. The molecule has 0 saturated heterocycles. The second-order valence-corrected chi connectivity index (χ2v) is 7.90. The number of anilines is 1. The smallest absolute Gasteiger partial charge is 0.234 e. The Bertz CT molecular complexity index is 989. The van der Waals surface area contributed by atoms with Gasteiger partial charge in [0.05, 0.1) is 5.75 Å². The molecular formula is C21H23ClN4O2S. The fourth-order valence-corrected chi connectivity index (χ4v) is 3.61. The third-order valence-corrected chi connectivity index (χ3v) is 5.64. The zero-order chi connectivity index (χ0) is 20.8. The van der Waals surface area contributed by atoms with E-state index >= 15 is 0 Å². The lowest BCUT2D eigenvalue weighted by atomic mass is 10.1. The van der Waals surface area contributed by atoms with Gasteiger partial charge in [-0.1, -0.05) is 29.4 Å². The number of ether oxygens (including phenoxy) is 1. The van der Waals surface area contributed by atoms with Crippen LogP contribution in [0.3, 0.4) is 0 Å². The van der Waals surface area contributed by atoms with E-state index in [0.29, 0.717) is 29.0 Å². The van der Waals surface area contributed by atoms with Crippen molar-refractivity contribution in [3.63, 3.8) is 0 Å². The van der Waals surface area contributed by atoms with Crippen molar-refractivity contribution in [1.29, 1.82) is 0 Å². The van der Waals surface area contributed by atoms with Gasteiger partial charge in [0.15, 0.2) is 11.0 Å². The van der Waals surface area contributed by atoms with Gasteiger partial charge < -0.3 is 14.6 Å². The maximum Gasteiger partial charge on any atom is 0.234 e. The zero-order valence-corrected chi connectivity index (χ0v) is 18.2. The first-order chi connectivity index (χ1) is 14.0. The van der Waals surface area contributed by atoms with E-state index in [4.69, 9.17) is 16.3 Å². The molecule has 0 fully saturated rings. The summed E-state index contributed by atoms with van der Waals surface area (Å²) in [6.45, 7) is 7.15. The number of thioether (sulfide) groups is 1. The third kappa shape index (κ3) is 5.74. The normalized spacial score (nSPS) is 10.8. The third-order valence-electron chi connectivity index (χ3n) is 4.42. The summed E-state index contributed by atoms with van der Waals surface area (Å²) >= 11 is 7.20. The second kappa shape index (κ2) is 9.80. The van der Waals surface area contributed by atoms with Gasteiger partial charge in [0.2, 0.25) is 5.91 Å². The number of hydrogen-bond donors (Lipinski definition) is 1. The molecule has 3 rings (SSSR count). The van der Waals surface area contributed by atoms with Gasteiger partial charge in [-0.3, -0.25) is 4.79 Å². The molecule has 3 aromatic rings. The van der Waals surface area contributed by atoms with Crippen LogP contribution in [0.5, 0.6) is 5.75 Å². The summed E-state index contributed by atoms with van der Waals surface area (Å²) in [5, 5.41) is 12.6. The van der Waals surface area contributed by atoms with Crippen molar-refractivity contribution >= 4 is 35.0 Å². The summed E-state index contributed by atoms with van der Waals surface area (Å²) in [4.78, 5) is 12.2. The number of carbonyl (C=O) groups is 1. The zero-order valence-electron chi connectivity index (χ0n) is 16.6. The standard InChI is InChI=1S/C21H23ClN4O2S/c1-4-26-19(12-28-18-10-5-14(2)15(3)11-18)24-25-21(26)29-13-20(27)23-17-8-6-16(22)7-9-17/h5-11H,4,12-13H2,1-3H3,(H,23,27). The van der Waals surface area contributed by atoms with E-state index in [1.165, 1.54) is 22.9 Å². The maximum absolute atomic E-state index is 12.2. The predicted octanol–water partition coefficient (Wildman–Crippen LogP) is 4.88. The first-order valence-electron chi connectivity index (χ1n) is 9.26. The Labute approximate surface area is 179 Å². The van der Waals surface area contributed by atoms with E-state index < -0.39 is 0 Å². The highest BCUT2D eigenvalue weighted by molar-refractivity contribution is 7.99. The van der Waals surface area contributed by atoms with E-state index in [0.717, 1.165) is 11.6 Å². The highest BCUT2D eigenvalue weighted by Gasteiger charge is 2.14. The number of aryl methyl sites for hydroxylation is 2. The lowest BCUT2D eigenvalue weighted by Crippen LogP contribution is -2.14. The van der Waals surface area contributed by atoms with Crippen LogP contribution in [-0.2, 0) is 17.9 Å². The molecule has 152 valence electrons. The average Bonchev–Trinajstić information content (AvgIpc) is 3.11. The van der Waals surface area contributed by atoms with Crippen LogP contribution in [0, 0.1) is 13.8 Å². The van der Waals surface area contributed by atoms with Crippen molar-refractivity contribution in [2.75, 3.05) is 11.1 Å². The minimum Gasteiger partial charge on any atom is -0.486 e. The maximum atomic E-state index is 12.2. The summed E-state index contributed by atoms with van der Waals surface area (Å²) in [6, 6.07) is 13.0. The van der Waals surface area contributed by atoms with Crippen molar-refractivity contribution in [2.24, 2.45) is 0 Å². The molecule has 8 heteroatoms. The number of carbonyl (C=O) groups excluding carboxylic acids is 1. The summed E-state index contributed by atoms with van der Waals surface area (Å²) in [5.41, 5.74) is 3.12. The molecule has 0 aliphatic rings. The lowest BCUT2D eigenvalue weighted by molar-refractivity contribution is -0.113. The quantitative estimate of drug-likeness (QED) is 0.516. The molecule has 0 unspecified atom stereocenters. The molecule has 29 heavy (non-hydrogen) atoms. The molecule has 1 aromatic heterocycles. The Morgan fingerprint density at radius 3 is 2.59 bits per heavy atom. The summed E-state index contributed by atoms with van der Waals surface area (Å²) in [7, 11) is 0. The van der Waals surface area contributed by atoms with Gasteiger partial charge in [-0.2, -0.15) is 0 Å². The molecule has 2 aromatic carbocycles. The Balaban J connectivity index is 1.57. The molecule has 1 heterocycles. The van der Waals surface area contributed by atoms with Crippen LogP contribution >= 0.6 is 23.4 Å². The summed E-state index contributed by atoms with van der Waals surface area (Å²) in [5.74, 6) is 1.65. The minimum atomic E-state index is -0.115. The predicted molar refractivity (Wildman–Crippen MR) is 117 cm³/mol. The van der Waals surface area contributed by atoms with E-state index in [9.17, 15) is 4.79 Å². The SMILES string of the molecule is CCn1c(COc2ccc(C)c(C)c2)nnc1SCC(=O)Nc1ccc(Cl)cc1. The van der Waals surface area contributed by atoms with Crippen molar-refractivity contribution < 1.29 is 9.53 Å². The fourth-order valence-electron chi connectivity index (χ4n) is 2.66. The van der Waals surface area contributed by atoms with E-state index in [1.54, 1.807) is 24.3 Å². The number of halogens is 1. The van der Waals surface area contributed by atoms with Crippen LogP contribution in [0.4, 0.5) is 5.69 Å². The Kier molecular flexibility index (Phi) is 7.17. The lowest BCUT2D eigenvalue weighted by Gasteiger charge is -2.10. The first kappa shape index (κ1) is 21.2. The van der Waals surface area contributed by atoms with Crippen LogP contribution < -0.4 is 10.1 Å². The van der Waals surface area contributed by atoms with Gasteiger partial charge in [0.1, 0.15) is 12.4 Å². The van der Waals surface area contributed by atoms with Gasteiger partial charge in [0, 0.05) is 17.3 Å². The van der Waals surface area contributed by atoms with Crippen LogP contribution in [-0.4, -0.2) is 26.4 Å². The van der Waals surface area contributed by atoms with Gasteiger partial charge >= 0.3 is 0 Å². The molecule has 0 radical (unpaired) electrons. The molecule has 0 spiro atoms. The molecular weight excluding hydrogens is 408 g/mol. The van der Waals surface area contributed by atoms with Gasteiger partial charge in [-0.25, -0.2) is 0 Å². The molecule has 1 amide bonds. The molecule has 0 aliphatic heterocycles. The van der Waals surface area contributed by atoms with Crippen molar-refractivity contribution in [3.8, 4) is 5.75 Å². The molecule has 0 bridgehead atoms. The van der Waals surface area contributed by atoms with Crippen molar-refractivity contribution in [2.45, 2.75) is 39.1 Å². The number of nitrogens with zero attached hydrogens (tertiary/aromatic N) is 3. The summed E-state index contributed by atoms with van der Waals surface area (Å²) < 4.78 is 7.83. The molecule has 1 N–H and O–H groups in total.